The molecule has 1 unspecified atom stereocenters. The molecule has 2 heterocycles. The predicted octanol–water partition coefficient (Wildman–Crippen LogP) is -0.0998. The number of hydrogen-bond donors (Lipinski definition) is 2. The molecule has 3 N–H and O–H groups in total. The Morgan fingerprint density at radius 3 is 2.50 bits per heavy atom. The summed E-state index contributed by atoms with van der Waals surface area (Å²) in [5, 5.41) is 9.33. The molecule has 2 fully saturated rings. The molecule has 0 aromatic carbocycles. The second-order valence-electron chi connectivity index (χ2n) is 6.26. The molecule has 6 nitrogen and oxygen atoms in total. The summed E-state index contributed by atoms with van der Waals surface area (Å²) in [5.74, 6) is 0.692. The van der Waals surface area contributed by atoms with Crippen molar-refractivity contribution in [3.05, 3.63) is 0 Å². The van der Waals surface area contributed by atoms with Gasteiger partial charge >= 0.3 is 0 Å². The van der Waals surface area contributed by atoms with Crippen LogP contribution in [0.2, 0.25) is 0 Å². The quantitative estimate of drug-likeness (QED) is 0.711. The van der Waals surface area contributed by atoms with Crippen LogP contribution in [0.4, 0.5) is 0 Å². The first kappa shape index (κ1) is 17.6. The van der Waals surface area contributed by atoms with Crippen LogP contribution >= 0.6 is 11.8 Å². The number of thioether (sulfide) groups is 1. The van der Waals surface area contributed by atoms with E-state index >= 15 is 0 Å². The van der Waals surface area contributed by atoms with Gasteiger partial charge < -0.3 is 15.7 Å². The van der Waals surface area contributed by atoms with Gasteiger partial charge in [0.15, 0.2) is 0 Å². The molecule has 0 radical (unpaired) electrons. The van der Waals surface area contributed by atoms with Crippen LogP contribution in [0.15, 0.2) is 0 Å². The standard InChI is InChI=1S/C15H27N3O3S/c16-14(20)10-22-11-15(21)17-6-3-13(4-7-17)18-5-1-2-12(8-18)9-19/h12-13,19H,1-11H2,(H2,16,20). The lowest BCUT2D eigenvalue weighted by Gasteiger charge is -2.42. The van der Waals surface area contributed by atoms with E-state index in [4.69, 9.17) is 5.73 Å². The van der Waals surface area contributed by atoms with E-state index in [-0.39, 0.29) is 24.2 Å². The summed E-state index contributed by atoms with van der Waals surface area (Å²) in [6.45, 7) is 3.97. The van der Waals surface area contributed by atoms with Crippen LogP contribution in [-0.2, 0) is 9.59 Å². The Morgan fingerprint density at radius 2 is 1.86 bits per heavy atom. The van der Waals surface area contributed by atoms with E-state index in [2.05, 4.69) is 4.90 Å². The number of amides is 2. The number of primary amides is 1. The Labute approximate surface area is 136 Å². The van der Waals surface area contributed by atoms with Crippen LogP contribution < -0.4 is 5.73 Å². The largest absolute Gasteiger partial charge is 0.396 e. The van der Waals surface area contributed by atoms with Crippen molar-refractivity contribution < 1.29 is 14.7 Å². The highest BCUT2D eigenvalue weighted by atomic mass is 32.2. The number of carbonyl (C=O) groups is 2. The number of aliphatic hydroxyl groups excluding tert-OH is 1. The molecule has 0 saturated carbocycles. The fraction of sp³-hybridized carbons (Fsp3) is 0.867. The average molecular weight is 329 g/mol. The maximum atomic E-state index is 12.1. The second-order valence-corrected chi connectivity index (χ2v) is 7.24. The molecule has 2 aliphatic heterocycles. The third kappa shape index (κ3) is 5.14. The van der Waals surface area contributed by atoms with Gasteiger partial charge in [0.2, 0.25) is 11.8 Å². The normalized spacial score (nSPS) is 24.4. The highest BCUT2D eigenvalue weighted by molar-refractivity contribution is 8.00. The zero-order valence-corrected chi connectivity index (χ0v) is 13.9. The lowest BCUT2D eigenvalue weighted by molar-refractivity contribution is -0.130. The van der Waals surface area contributed by atoms with Gasteiger partial charge in [-0.15, -0.1) is 11.8 Å². The Bertz CT molecular complexity index is 386. The van der Waals surface area contributed by atoms with Gasteiger partial charge in [0, 0.05) is 32.3 Å². The van der Waals surface area contributed by atoms with Crippen LogP contribution in [0.1, 0.15) is 25.7 Å². The number of piperidine rings is 2. The Balaban J connectivity index is 1.71. The molecule has 0 aliphatic carbocycles. The van der Waals surface area contributed by atoms with Crippen molar-refractivity contribution in [3.8, 4) is 0 Å². The van der Waals surface area contributed by atoms with Crippen LogP contribution in [0.25, 0.3) is 0 Å². The minimum atomic E-state index is -0.375. The topological polar surface area (TPSA) is 86.9 Å². The lowest BCUT2D eigenvalue weighted by Crippen LogP contribution is -2.50. The maximum Gasteiger partial charge on any atom is 0.232 e. The van der Waals surface area contributed by atoms with Crippen LogP contribution in [0, 0.1) is 5.92 Å². The zero-order valence-electron chi connectivity index (χ0n) is 13.1. The summed E-state index contributed by atoms with van der Waals surface area (Å²) in [6.07, 6.45) is 4.30. The van der Waals surface area contributed by atoms with Gasteiger partial charge in [0.25, 0.3) is 0 Å². The first-order valence-corrected chi connectivity index (χ1v) is 9.24. The van der Waals surface area contributed by atoms with Crippen molar-refractivity contribution in [2.75, 3.05) is 44.3 Å². The molecule has 0 bridgehead atoms. The number of aliphatic hydroxyl groups is 1. The first-order chi connectivity index (χ1) is 10.6. The predicted molar refractivity (Wildman–Crippen MR) is 87.5 cm³/mol. The third-order valence-electron chi connectivity index (χ3n) is 4.61. The van der Waals surface area contributed by atoms with E-state index in [9.17, 15) is 14.7 Å². The third-order valence-corrected chi connectivity index (χ3v) is 5.55. The van der Waals surface area contributed by atoms with E-state index < -0.39 is 0 Å². The van der Waals surface area contributed by atoms with Gasteiger partial charge in [0.05, 0.1) is 11.5 Å². The van der Waals surface area contributed by atoms with Crippen LogP contribution in [-0.4, -0.2) is 77.1 Å². The van der Waals surface area contributed by atoms with Crippen LogP contribution in [0.5, 0.6) is 0 Å². The lowest BCUT2D eigenvalue weighted by atomic mass is 9.94. The molecule has 2 saturated heterocycles. The SMILES string of the molecule is NC(=O)CSCC(=O)N1CCC(N2CCCC(CO)C2)CC1. The van der Waals surface area contributed by atoms with Crippen molar-refractivity contribution in [2.24, 2.45) is 11.7 Å². The number of carbonyl (C=O) groups excluding carboxylic acids is 2. The molecule has 22 heavy (non-hydrogen) atoms. The summed E-state index contributed by atoms with van der Waals surface area (Å²) in [4.78, 5) is 27.1. The van der Waals surface area contributed by atoms with E-state index in [0.717, 1.165) is 51.9 Å². The van der Waals surface area contributed by atoms with E-state index in [1.807, 2.05) is 4.90 Å². The summed E-state index contributed by atoms with van der Waals surface area (Å²) in [7, 11) is 0. The van der Waals surface area contributed by atoms with Crippen molar-refractivity contribution in [2.45, 2.75) is 31.7 Å². The highest BCUT2D eigenvalue weighted by Crippen LogP contribution is 2.23. The molecule has 126 valence electrons. The van der Waals surface area contributed by atoms with Crippen molar-refractivity contribution in [1.82, 2.24) is 9.80 Å². The Morgan fingerprint density at radius 1 is 1.14 bits per heavy atom. The summed E-state index contributed by atoms with van der Waals surface area (Å²) < 4.78 is 0. The first-order valence-electron chi connectivity index (χ1n) is 8.09. The summed E-state index contributed by atoms with van der Waals surface area (Å²) >= 11 is 1.29. The van der Waals surface area contributed by atoms with Crippen molar-refractivity contribution >= 4 is 23.6 Å². The number of nitrogens with two attached hydrogens (primary N) is 1. The van der Waals surface area contributed by atoms with E-state index in [0.29, 0.717) is 17.7 Å². The molecule has 0 aromatic heterocycles. The van der Waals surface area contributed by atoms with Gasteiger partial charge in [-0.05, 0) is 38.1 Å². The smallest absolute Gasteiger partial charge is 0.232 e. The summed E-state index contributed by atoms with van der Waals surface area (Å²) in [5.41, 5.74) is 5.07. The number of nitrogens with zero attached hydrogens (tertiary/aromatic N) is 2. The number of likely N-dealkylation sites (tertiary alicyclic amines) is 2. The molecular formula is C15H27N3O3S. The molecule has 0 aromatic rings. The van der Waals surface area contributed by atoms with Gasteiger partial charge in [-0.2, -0.15) is 0 Å². The van der Waals surface area contributed by atoms with Crippen molar-refractivity contribution in [1.29, 1.82) is 0 Å². The molecule has 2 aliphatic rings. The monoisotopic (exact) mass is 329 g/mol. The second kappa shape index (κ2) is 8.74. The minimum absolute atomic E-state index is 0.108. The fourth-order valence-electron chi connectivity index (χ4n) is 3.39. The minimum Gasteiger partial charge on any atom is -0.396 e. The summed E-state index contributed by atoms with van der Waals surface area (Å²) in [6, 6.07) is 0.539. The molecular weight excluding hydrogens is 302 g/mol. The number of hydrogen-bond acceptors (Lipinski definition) is 5. The van der Waals surface area contributed by atoms with Gasteiger partial charge in [-0.3, -0.25) is 14.5 Å². The molecule has 1 atom stereocenters. The van der Waals surface area contributed by atoms with Gasteiger partial charge in [-0.25, -0.2) is 0 Å². The highest BCUT2D eigenvalue weighted by Gasteiger charge is 2.29. The molecule has 7 heteroatoms. The van der Waals surface area contributed by atoms with Gasteiger partial charge in [-0.1, -0.05) is 0 Å². The molecule has 2 rings (SSSR count). The van der Waals surface area contributed by atoms with Crippen LogP contribution in [0.3, 0.4) is 0 Å². The molecule has 2 amide bonds. The Kier molecular flexibility index (Phi) is 6.98. The average Bonchev–Trinajstić information content (AvgIpc) is 2.54. The van der Waals surface area contributed by atoms with Gasteiger partial charge in [0.1, 0.15) is 0 Å². The van der Waals surface area contributed by atoms with Crippen molar-refractivity contribution in [3.63, 3.8) is 0 Å². The van der Waals surface area contributed by atoms with E-state index in [1.165, 1.54) is 11.8 Å². The fourth-order valence-corrected chi connectivity index (χ4v) is 4.05. The molecule has 0 spiro atoms. The Hall–Kier alpha value is -0.790. The van der Waals surface area contributed by atoms with E-state index in [1.54, 1.807) is 0 Å². The number of rotatable bonds is 6. The zero-order chi connectivity index (χ0) is 15.9. The maximum absolute atomic E-state index is 12.1.